The van der Waals surface area contributed by atoms with Gasteiger partial charge in [0.25, 0.3) is 0 Å². The third-order valence-electron chi connectivity index (χ3n) is 4.08. The molecule has 1 fully saturated rings. The highest BCUT2D eigenvalue weighted by atomic mass is 19.1. The molecule has 0 unspecified atom stereocenters. The van der Waals surface area contributed by atoms with E-state index in [0.29, 0.717) is 5.46 Å². The van der Waals surface area contributed by atoms with Crippen molar-refractivity contribution in [3.63, 3.8) is 0 Å². The van der Waals surface area contributed by atoms with Crippen LogP contribution >= 0.6 is 0 Å². The molecule has 1 aromatic rings. The summed E-state index contributed by atoms with van der Waals surface area (Å²) in [6.07, 6.45) is -0.0903. The second-order valence-electron chi connectivity index (χ2n) is 6.92. The number of ether oxygens (including phenoxy) is 1. The minimum Gasteiger partial charge on any atom is -0.488 e. The molecule has 5 heteroatoms. The van der Waals surface area contributed by atoms with Crippen molar-refractivity contribution in [1.82, 2.24) is 0 Å². The Hall–Kier alpha value is -1.07. The molecule has 1 aliphatic rings. The average Bonchev–Trinajstić information content (AvgIpc) is 2.52. The van der Waals surface area contributed by atoms with Crippen LogP contribution in [0.5, 0.6) is 5.75 Å². The van der Waals surface area contributed by atoms with Crippen LogP contribution < -0.4 is 10.2 Å². The zero-order valence-corrected chi connectivity index (χ0v) is 13.9. The predicted octanol–water partition coefficient (Wildman–Crippen LogP) is 3.22. The van der Waals surface area contributed by atoms with E-state index in [-0.39, 0.29) is 11.9 Å². The standard InChI is InChI=1S/C16H24BFO3/c1-10(2)19-13-9-11(3)8-12(14(13)18)17-20-15(4,5)16(6,7)21-17/h8-10H,1-7H3. The van der Waals surface area contributed by atoms with Crippen molar-refractivity contribution in [2.75, 3.05) is 0 Å². The van der Waals surface area contributed by atoms with Crippen LogP contribution in [-0.4, -0.2) is 24.4 Å². The molecule has 0 atom stereocenters. The molecule has 2 rings (SSSR count). The van der Waals surface area contributed by atoms with E-state index in [2.05, 4.69) is 0 Å². The van der Waals surface area contributed by atoms with Crippen molar-refractivity contribution < 1.29 is 18.4 Å². The lowest BCUT2D eigenvalue weighted by Crippen LogP contribution is -2.41. The quantitative estimate of drug-likeness (QED) is 0.801. The van der Waals surface area contributed by atoms with Gasteiger partial charge < -0.3 is 14.0 Å². The van der Waals surface area contributed by atoms with Gasteiger partial charge >= 0.3 is 7.12 Å². The monoisotopic (exact) mass is 294 g/mol. The van der Waals surface area contributed by atoms with E-state index < -0.39 is 24.1 Å². The van der Waals surface area contributed by atoms with E-state index >= 15 is 0 Å². The largest absolute Gasteiger partial charge is 0.498 e. The molecule has 0 spiro atoms. The van der Waals surface area contributed by atoms with E-state index in [1.807, 2.05) is 48.5 Å². The van der Waals surface area contributed by atoms with Gasteiger partial charge in [0.1, 0.15) is 0 Å². The number of benzene rings is 1. The van der Waals surface area contributed by atoms with Gasteiger partial charge in [-0.1, -0.05) is 6.07 Å². The SMILES string of the molecule is Cc1cc(OC(C)C)c(F)c(B2OC(C)(C)C(C)(C)O2)c1. The van der Waals surface area contributed by atoms with Crippen molar-refractivity contribution in [3.8, 4) is 5.75 Å². The van der Waals surface area contributed by atoms with Crippen LogP contribution in [0.2, 0.25) is 0 Å². The number of halogens is 1. The number of hydrogen-bond acceptors (Lipinski definition) is 3. The highest BCUT2D eigenvalue weighted by molar-refractivity contribution is 6.62. The molecular formula is C16H24BFO3. The fourth-order valence-corrected chi connectivity index (χ4v) is 2.24. The van der Waals surface area contributed by atoms with E-state index in [9.17, 15) is 4.39 Å². The Morgan fingerprint density at radius 2 is 1.62 bits per heavy atom. The zero-order chi connectivity index (χ0) is 16.0. The first-order valence-electron chi connectivity index (χ1n) is 7.36. The number of aryl methyl sites for hydroxylation is 1. The van der Waals surface area contributed by atoms with Gasteiger partial charge in [0.05, 0.1) is 17.3 Å². The van der Waals surface area contributed by atoms with Crippen LogP contribution in [0, 0.1) is 12.7 Å². The van der Waals surface area contributed by atoms with Gasteiger partial charge in [0.2, 0.25) is 0 Å². The number of rotatable bonds is 3. The molecule has 0 radical (unpaired) electrons. The maximum absolute atomic E-state index is 14.7. The van der Waals surface area contributed by atoms with Gasteiger partial charge in [-0.15, -0.1) is 0 Å². The first-order valence-corrected chi connectivity index (χ1v) is 7.36. The van der Waals surface area contributed by atoms with Crippen LogP contribution in [0.1, 0.15) is 47.1 Å². The molecule has 0 amide bonds. The second kappa shape index (κ2) is 5.29. The van der Waals surface area contributed by atoms with Gasteiger partial charge in [-0.2, -0.15) is 0 Å². The number of hydrogen-bond donors (Lipinski definition) is 0. The zero-order valence-electron chi connectivity index (χ0n) is 13.9. The molecule has 1 heterocycles. The van der Waals surface area contributed by atoms with E-state index in [0.717, 1.165) is 5.56 Å². The second-order valence-corrected chi connectivity index (χ2v) is 6.92. The summed E-state index contributed by atoms with van der Waals surface area (Å²) in [7, 11) is -0.718. The van der Waals surface area contributed by atoms with Crippen molar-refractivity contribution in [2.24, 2.45) is 0 Å². The van der Waals surface area contributed by atoms with Gasteiger partial charge in [0, 0.05) is 5.46 Å². The first-order chi connectivity index (χ1) is 9.53. The topological polar surface area (TPSA) is 27.7 Å². The van der Waals surface area contributed by atoms with Crippen LogP contribution in [0.4, 0.5) is 4.39 Å². The predicted molar refractivity (Wildman–Crippen MR) is 82.6 cm³/mol. The average molecular weight is 294 g/mol. The van der Waals surface area contributed by atoms with Gasteiger partial charge in [-0.3, -0.25) is 0 Å². The molecule has 1 aromatic carbocycles. The van der Waals surface area contributed by atoms with Crippen LogP contribution in [0.25, 0.3) is 0 Å². The molecule has 1 aliphatic heterocycles. The molecule has 0 N–H and O–H groups in total. The summed E-state index contributed by atoms with van der Waals surface area (Å²) >= 11 is 0. The lowest BCUT2D eigenvalue weighted by Gasteiger charge is -2.32. The maximum atomic E-state index is 14.7. The Morgan fingerprint density at radius 3 is 2.10 bits per heavy atom. The van der Waals surface area contributed by atoms with Crippen LogP contribution in [0.3, 0.4) is 0 Å². The first kappa shape index (κ1) is 16.3. The molecule has 1 saturated heterocycles. The summed E-state index contributed by atoms with van der Waals surface area (Å²) in [6.45, 7) is 13.4. The Balaban J connectivity index is 2.39. The fourth-order valence-electron chi connectivity index (χ4n) is 2.24. The lowest BCUT2D eigenvalue weighted by molar-refractivity contribution is 0.00578. The third-order valence-corrected chi connectivity index (χ3v) is 4.08. The Morgan fingerprint density at radius 1 is 1.10 bits per heavy atom. The molecule has 0 saturated carbocycles. The summed E-state index contributed by atoms with van der Waals surface area (Å²) in [5.74, 6) is -0.164. The normalized spacial score (nSPS) is 20.1. The van der Waals surface area contributed by atoms with Gasteiger partial charge in [0.15, 0.2) is 11.6 Å². The molecule has 0 bridgehead atoms. The van der Waals surface area contributed by atoms with E-state index in [1.165, 1.54) is 0 Å². The maximum Gasteiger partial charge on any atom is 0.498 e. The summed E-state index contributed by atoms with van der Waals surface area (Å²) in [4.78, 5) is 0. The lowest BCUT2D eigenvalue weighted by atomic mass is 9.77. The van der Waals surface area contributed by atoms with Crippen molar-refractivity contribution in [1.29, 1.82) is 0 Å². The third kappa shape index (κ3) is 3.09. The molecule has 3 nitrogen and oxygen atoms in total. The highest BCUT2D eigenvalue weighted by Gasteiger charge is 2.52. The van der Waals surface area contributed by atoms with Gasteiger partial charge in [-0.25, -0.2) is 4.39 Å². The minimum absolute atomic E-state index is 0.0903. The van der Waals surface area contributed by atoms with Crippen molar-refractivity contribution >= 4 is 12.6 Å². The minimum atomic E-state index is -0.718. The summed E-state index contributed by atoms with van der Waals surface area (Å²) in [5.41, 5.74) is 0.320. The van der Waals surface area contributed by atoms with Crippen molar-refractivity contribution in [2.45, 2.75) is 65.8 Å². The van der Waals surface area contributed by atoms with Crippen molar-refractivity contribution in [3.05, 3.63) is 23.5 Å². The fraction of sp³-hybridized carbons (Fsp3) is 0.625. The van der Waals surface area contributed by atoms with E-state index in [1.54, 1.807) is 12.1 Å². The highest BCUT2D eigenvalue weighted by Crippen LogP contribution is 2.37. The summed E-state index contributed by atoms with van der Waals surface area (Å²) < 4.78 is 32.1. The smallest absolute Gasteiger partial charge is 0.488 e. The van der Waals surface area contributed by atoms with E-state index in [4.69, 9.17) is 14.0 Å². The van der Waals surface area contributed by atoms with Crippen LogP contribution in [-0.2, 0) is 9.31 Å². The molecule has 0 aromatic heterocycles. The Kier molecular flexibility index (Phi) is 4.11. The Labute approximate surface area is 126 Å². The summed E-state index contributed by atoms with van der Waals surface area (Å²) in [5, 5.41) is 0. The Bertz CT molecular complexity index is 525. The molecule has 116 valence electrons. The summed E-state index contributed by atoms with van der Waals surface area (Å²) in [6, 6.07) is 3.45. The van der Waals surface area contributed by atoms with Crippen LogP contribution in [0.15, 0.2) is 12.1 Å². The molecular weight excluding hydrogens is 270 g/mol. The molecule has 0 aliphatic carbocycles. The molecule has 21 heavy (non-hydrogen) atoms. The van der Waals surface area contributed by atoms with Gasteiger partial charge in [-0.05, 0) is 60.1 Å².